The standard InChI is InChI=1S/C23H30N2O.C4H6O6/c1-3-5-15-25-16-13-19(18(4-2)17-25)10-11-23(26)21-12-14-24-22-9-7-6-8-20(21)22;5-1(3(7)8)2(6)4(9)10/h4,6-9,12,14,18-19H,2-3,5,10-11,13,15-17H2,1H3;1-2,5-6H,(H,7,8)(H,9,10)/t18-,19+;/m0./s1. The summed E-state index contributed by atoms with van der Waals surface area (Å²) in [5.41, 5.74) is 1.71. The van der Waals surface area contributed by atoms with E-state index in [4.69, 9.17) is 20.4 Å². The van der Waals surface area contributed by atoms with E-state index >= 15 is 0 Å². The average Bonchev–Trinajstić information content (AvgIpc) is 2.89. The van der Waals surface area contributed by atoms with Crippen LogP contribution in [0.5, 0.6) is 0 Å². The van der Waals surface area contributed by atoms with Crippen molar-refractivity contribution in [3.05, 3.63) is 54.7 Å². The Hall–Kier alpha value is -3.14. The number of aromatic nitrogens is 1. The molecule has 4 atom stereocenters. The summed E-state index contributed by atoms with van der Waals surface area (Å²) >= 11 is 0. The first kappa shape index (κ1) is 29.1. The second-order valence-electron chi connectivity index (χ2n) is 9.01. The van der Waals surface area contributed by atoms with Crippen LogP contribution in [0.15, 0.2) is 49.2 Å². The summed E-state index contributed by atoms with van der Waals surface area (Å²) < 4.78 is 0. The van der Waals surface area contributed by atoms with Gasteiger partial charge in [0.25, 0.3) is 0 Å². The van der Waals surface area contributed by atoms with Crippen molar-refractivity contribution < 1.29 is 34.8 Å². The highest BCUT2D eigenvalue weighted by molar-refractivity contribution is 6.07. The fourth-order valence-electron chi connectivity index (χ4n) is 4.37. The minimum Gasteiger partial charge on any atom is -0.479 e. The molecule has 3 rings (SSSR count). The van der Waals surface area contributed by atoms with Gasteiger partial charge in [0.05, 0.1) is 5.52 Å². The van der Waals surface area contributed by atoms with Gasteiger partial charge in [0.2, 0.25) is 0 Å². The van der Waals surface area contributed by atoms with Gasteiger partial charge in [-0.15, -0.1) is 6.58 Å². The van der Waals surface area contributed by atoms with E-state index in [0.717, 1.165) is 36.0 Å². The number of para-hydroxylation sites is 1. The van der Waals surface area contributed by atoms with Crippen molar-refractivity contribution in [2.24, 2.45) is 11.8 Å². The fraction of sp³-hybridized carbons (Fsp3) is 0.481. The molecule has 4 N–H and O–H groups in total. The molecule has 2 heterocycles. The number of fused-ring (bicyclic) bond motifs is 1. The molecule has 0 amide bonds. The summed E-state index contributed by atoms with van der Waals surface area (Å²) in [4.78, 5) is 39.3. The van der Waals surface area contributed by atoms with E-state index in [1.54, 1.807) is 6.20 Å². The predicted octanol–water partition coefficient (Wildman–Crippen LogP) is 3.00. The number of rotatable bonds is 11. The Morgan fingerprint density at radius 1 is 1.14 bits per heavy atom. The molecule has 196 valence electrons. The molecule has 1 fully saturated rings. The van der Waals surface area contributed by atoms with Crippen molar-refractivity contribution in [2.45, 2.75) is 51.2 Å². The molecule has 0 radical (unpaired) electrons. The molecule has 9 nitrogen and oxygen atoms in total. The molecular weight excluding hydrogens is 464 g/mol. The maximum Gasteiger partial charge on any atom is 0.335 e. The summed E-state index contributed by atoms with van der Waals surface area (Å²) in [6, 6.07) is 9.76. The number of nitrogens with zero attached hydrogens (tertiary/aromatic N) is 2. The SMILES string of the molecule is C=C[C@H]1CN(CCCC)CC[C@H]1CCC(=O)c1ccnc2ccccc12.O=C(O)C(O)C(O)C(=O)O. The van der Waals surface area contributed by atoms with E-state index in [2.05, 4.69) is 29.5 Å². The smallest absolute Gasteiger partial charge is 0.335 e. The van der Waals surface area contributed by atoms with E-state index in [0.29, 0.717) is 18.3 Å². The predicted molar refractivity (Wildman–Crippen MR) is 136 cm³/mol. The van der Waals surface area contributed by atoms with Gasteiger partial charge in [-0.2, -0.15) is 0 Å². The molecule has 0 aliphatic carbocycles. The van der Waals surface area contributed by atoms with E-state index in [1.807, 2.05) is 30.3 Å². The van der Waals surface area contributed by atoms with Gasteiger partial charge in [0, 0.05) is 30.1 Å². The Labute approximate surface area is 211 Å². The number of benzene rings is 1. The van der Waals surface area contributed by atoms with Crippen LogP contribution in [0.3, 0.4) is 0 Å². The van der Waals surface area contributed by atoms with Crippen LogP contribution in [0.4, 0.5) is 0 Å². The molecule has 2 unspecified atom stereocenters. The van der Waals surface area contributed by atoms with Crippen molar-refractivity contribution in [3.8, 4) is 0 Å². The van der Waals surface area contributed by atoms with Gasteiger partial charge < -0.3 is 25.3 Å². The first-order valence-electron chi connectivity index (χ1n) is 12.2. The zero-order valence-corrected chi connectivity index (χ0v) is 20.6. The Kier molecular flexibility index (Phi) is 11.7. The summed E-state index contributed by atoms with van der Waals surface area (Å²) in [6.45, 7) is 9.74. The topological polar surface area (TPSA) is 148 Å². The number of aliphatic carboxylic acids is 2. The third-order valence-corrected chi connectivity index (χ3v) is 6.52. The number of hydrogen-bond acceptors (Lipinski definition) is 7. The lowest BCUT2D eigenvalue weighted by molar-refractivity contribution is -0.165. The number of aliphatic hydroxyl groups is 2. The van der Waals surface area contributed by atoms with E-state index < -0.39 is 24.1 Å². The lowest BCUT2D eigenvalue weighted by Gasteiger charge is -2.37. The van der Waals surface area contributed by atoms with Gasteiger partial charge in [0.15, 0.2) is 18.0 Å². The Morgan fingerprint density at radius 2 is 1.81 bits per heavy atom. The van der Waals surface area contributed by atoms with Crippen LogP contribution in [0.25, 0.3) is 10.9 Å². The van der Waals surface area contributed by atoms with Crippen LogP contribution in [-0.4, -0.2) is 79.9 Å². The largest absolute Gasteiger partial charge is 0.479 e. The molecule has 1 aliphatic rings. The normalized spacial score (nSPS) is 19.5. The summed E-state index contributed by atoms with van der Waals surface area (Å²) in [7, 11) is 0. The van der Waals surface area contributed by atoms with E-state index in [1.165, 1.54) is 25.8 Å². The zero-order chi connectivity index (χ0) is 26.7. The number of carbonyl (C=O) groups is 3. The first-order valence-corrected chi connectivity index (χ1v) is 12.2. The highest BCUT2D eigenvalue weighted by Crippen LogP contribution is 2.30. The number of carboxylic acids is 2. The molecule has 0 spiro atoms. The number of carboxylic acid groups (broad SMARTS) is 2. The maximum atomic E-state index is 12.8. The Bertz CT molecular complexity index is 1020. The molecule has 0 saturated carbocycles. The van der Waals surface area contributed by atoms with Gasteiger partial charge in [-0.05, 0) is 56.3 Å². The Balaban J connectivity index is 0.000000388. The van der Waals surface area contributed by atoms with Gasteiger partial charge in [0.1, 0.15) is 0 Å². The summed E-state index contributed by atoms with van der Waals surface area (Å²) in [5.74, 6) is -2.23. The van der Waals surface area contributed by atoms with E-state index in [9.17, 15) is 14.4 Å². The van der Waals surface area contributed by atoms with Crippen molar-refractivity contribution in [3.63, 3.8) is 0 Å². The van der Waals surface area contributed by atoms with Crippen LogP contribution in [0.2, 0.25) is 0 Å². The highest BCUT2D eigenvalue weighted by Gasteiger charge is 2.29. The molecule has 2 aromatic rings. The van der Waals surface area contributed by atoms with Gasteiger partial charge in [-0.3, -0.25) is 9.78 Å². The van der Waals surface area contributed by atoms with Crippen molar-refractivity contribution in [2.75, 3.05) is 19.6 Å². The maximum absolute atomic E-state index is 12.8. The fourth-order valence-corrected chi connectivity index (χ4v) is 4.37. The number of aliphatic hydroxyl groups excluding tert-OH is 2. The summed E-state index contributed by atoms with van der Waals surface area (Å²) in [6.07, 6.45) is 4.56. The number of Topliss-reactive ketones (excluding diaryl/α,β-unsaturated/α-hetero) is 1. The number of ketones is 1. The van der Waals surface area contributed by atoms with Crippen LogP contribution in [0.1, 0.15) is 49.4 Å². The number of pyridine rings is 1. The number of carbonyl (C=O) groups excluding carboxylic acids is 1. The second-order valence-corrected chi connectivity index (χ2v) is 9.01. The molecule has 9 heteroatoms. The molecular formula is C27H36N2O7. The first-order chi connectivity index (χ1) is 17.2. The third-order valence-electron chi connectivity index (χ3n) is 6.52. The third kappa shape index (κ3) is 8.22. The lowest BCUT2D eigenvalue weighted by atomic mass is 9.81. The Morgan fingerprint density at radius 3 is 2.42 bits per heavy atom. The minimum absolute atomic E-state index is 0.236. The molecule has 1 aromatic carbocycles. The molecule has 1 aliphatic heterocycles. The van der Waals surface area contributed by atoms with Gasteiger partial charge in [-0.1, -0.05) is 37.6 Å². The highest BCUT2D eigenvalue weighted by atomic mass is 16.4. The number of hydrogen-bond donors (Lipinski definition) is 4. The van der Waals surface area contributed by atoms with Crippen LogP contribution < -0.4 is 0 Å². The van der Waals surface area contributed by atoms with Crippen molar-refractivity contribution in [1.82, 2.24) is 9.88 Å². The molecule has 1 saturated heterocycles. The molecule has 0 bridgehead atoms. The number of likely N-dealkylation sites (tertiary alicyclic amines) is 1. The number of piperidine rings is 1. The number of unbranched alkanes of at least 4 members (excludes halogenated alkanes) is 1. The molecule has 1 aromatic heterocycles. The summed E-state index contributed by atoms with van der Waals surface area (Å²) in [5, 5.41) is 33.5. The zero-order valence-electron chi connectivity index (χ0n) is 20.6. The second kappa shape index (κ2) is 14.4. The monoisotopic (exact) mass is 500 g/mol. The van der Waals surface area contributed by atoms with Crippen LogP contribution >= 0.6 is 0 Å². The van der Waals surface area contributed by atoms with Crippen LogP contribution in [0, 0.1) is 11.8 Å². The average molecular weight is 501 g/mol. The van der Waals surface area contributed by atoms with Crippen LogP contribution in [-0.2, 0) is 9.59 Å². The van der Waals surface area contributed by atoms with Gasteiger partial charge in [-0.25, -0.2) is 9.59 Å². The molecule has 36 heavy (non-hydrogen) atoms. The lowest BCUT2D eigenvalue weighted by Crippen LogP contribution is -2.40. The van der Waals surface area contributed by atoms with E-state index in [-0.39, 0.29) is 5.78 Å². The quantitative estimate of drug-likeness (QED) is 0.270. The van der Waals surface area contributed by atoms with Crippen molar-refractivity contribution in [1.29, 1.82) is 0 Å². The van der Waals surface area contributed by atoms with Gasteiger partial charge >= 0.3 is 11.9 Å². The van der Waals surface area contributed by atoms with Crippen molar-refractivity contribution >= 4 is 28.6 Å². The minimum atomic E-state index is -2.27.